The molecule has 2 N–H and O–H groups in total. The van der Waals surface area contributed by atoms with E-state index in [0.29, 0.717) is 11.6 Å². The summed E-state index contributed by atoms with van der Waals surface area (Å²) in [6, 6.07) is 13.0. The number of hydrogen-bond acceptors (Lipinski definition) is 3. The molecule has 26 heavy (non-hydrogen) atoms. The van der Waals surface area contributed by atoms with Gasteiger partial charge in [0, 0.05) is 24.5 Å². The maximum absolute atomic E-state index is 13.7. The van der Waals surface area contributed by atoms with Crippen LogP contribution in [0.1, 0.15) is 12.0 Å². The molecule has 0 aromatic heterocycles. The Bertz CT molecular complexity index is 753. The minimum absolute atomic E-state index is 0.0895. The highest BCUT2D eigenvalue weighted by atomic mass is 35.5. The Balaban J connectivity index is 2.07. The molecule has 2 rings (SSSR count). The van der Waals surface area contributed by atoms with E-state index in [2.05, 4.69) is 10.6 Å². The molecular formula is C19H21ClFN3O2. The van der Waals surface area contributed by atoms with Crippen molar-refractivity contribution >= 4 is 29.1 Å². The van der Waals surface area contributed by atoms with Gasteiger partial charge in [0.15, 0.2) is 0 Å². The molecule has 2 aromatic rings. The van der Waals surface area contributed by atoms with Crippen molar-refractivity contribution in [2.75, 3.05) is 25.5 Å². The molecule has 0 aliphatic carbocycles. The molecule has 0 fully saturated rings. The van der Waals surface area contributed by atoms with Gasteiger partial charge in [-0.1, -0.05) is 35.9 Å². The van der Waals surface area contributed by atoms with Crippen LogP contribution in [0.3, 0.4) is 0 Å². The summed E-state index contributed by atoms with van der Waals surface area (Å²) in [5, 5.41) is 6.01. The van der Waals surface area contributed by atoms with Gasteiger partial charge in [0.2, 0.25) is 11.8 Å². The molecule has 0 bridgehead atoms. The van der Waals surface area contributed by atoms with E-state index in [4.69, 9.17) is 11.6 Å². The first-order valence-electron chi connectivity index (χ1n) is 8.21. The monoisotopic (exact) mass is 377 g/mol. The third-order valence-electron chi connectivity index (χ3n) is 3.71. The quantitative estimate of drug-likeness (QED) is 0.743. The Labute approximate surface area is 157 Å². The molecule has 0 saturated heterocycles. The van der Waals surface area contributed by atoms with E-state index in [1.807, 2.05) is 0 Å². The standard InChI is InChI=1S/C19H21ClFN3O2/c1-22-11-10-19(26)24(12-14-6-8-15(20)9-7-14)13-18(25)23-17-5-3-2-4-16(17)21/h2-9,22H,10-13H2,1H3,(H,23,25). The Hall–Kier alpha value is -2.44. The minimum atomic E-state index is -0.522. The Morgan fingerprint density at radius 1 is 1.12 bits per heavy atom. The zero-order valence-corrected chi connectivity index (χ0v) is 15.2. The lowest BCUT2D eigenvalue weighted by atomic mass is 10.2. The molecule has 5 nitrogen and oxygen atoms in total. The topological polar surface area (TPSA) is 61.4 Å². The first-order chi connectivity index (χ1) is 12.5. The summed E-state index contributed by atoms with van der Waals surface area (Å²) in [6.07, 6.45) is 0.261. The smallest absolute Gasteiger partial charge is 0.244 e. The summed E-state index contributed by atoms with van der Waals surface area (Å²) in [7, 11) is 1.75. The molecule has 2 amide bonds. The van der Waals surface area contributed by atoms with Crippen LogP contribution in [0.15, 0.2) is 48.5 Å². The van der Waals surface area contributed by atoms with E-state index >= 15 is 0 Å². The summed E-state index contributed by atoms with van der Waals surface area (Å²) in [4.78, 5) is 26.2. The van der Waals surface area contributed by atoms with Crippen molar-refractivity contribution in [3.05, 3.63) is 64.9 Å². The third kappa shape index (κ3) is 6.13. The maximum Gasteiger partial charge on any atom is 0.244 e. The van der Waals surface area contributed by atoms with Gasteiger partial charge in [0.1, 0.15) is 12.4 Å². The average molecular weight is 378 g/mol. The number of rotatable bonds is 8. The zero-order valence-electron chi connectivity index (χ0n) is 14.5. The number of nitrogens with one attached hydrogen (secondary N) is 2. The molecule has 0 atom stereocenters. The first-order valence-corrected chi connectivity index (χ1v) is 8.58. The van der Waals surface area contributed by atoms with Crippen molar-refractivity contribution in [3.63, 3.8) is 0 Å². The number of hydrogen-bond donors (Lipinski definition) is 2. The van der Waals surface area contributed by atoms with Crippen LogP contribution in [-0.2, 0) is 16.1 Å². The van der Waals surface area contributed by atoms with Gasteiger partial charge in [0.05, 0.1) is 5.69 Å². The van der Waals surface area contributed by atoms with Crippen LogP contribution in [0.5, 0.6) is 0 Å². The highest BCUT2D eigenvalue weighted by Crippen LogP contribution is 2.14. The van der Waals surface area contributed by atoms with Crippen LogP contribution in [0.2, 0.25) is 5.02 Å². The lowest BCUT2D eigenvalue weighted by Gasteiger charge is -2.22. The van der Waals surface area contributed by atoms with Crippen LogP contribution in [0.25, 0.3) is 0 Å². The maximum atomic E-state index is 13.7. The summed E-state index contributed by atoms with van der Waals surface area (Å²) >= 11 is 5.88. The van der Waals surface area contributed by atoms with E-state index in [1.165, 1.54) is 17.0 Å². The predicted molar refractivity (Wildman–Crippen MR) is 100 cm³/mol. The molecule has 0 aliphatic rings. The Kier molecular flexibility index (Phi) is 7.56. The number of para-hydroxylation sites is 1. The zero-order chi connectivity index (χ0) is 18.9. The number of anilines is 1. The summed E-state index contributed by atoms with van der Waals surface area (Å²) in [5.74, 6) is -1.15. The molecule has 7 heteroatoms. The molecule has 0 spiro atoms. The second-order valence-electron chi connectivity index (χ2n) is 5.76. The molecule has 0 heterocycles. The van der Waals surface area contributed by atoms with Gasteiger partial charge in [0.25, 0.3) is 0 Å². The Morgan fingerprint density at radius 3 is 2.46 bits per heavy atom. The van der Waals surface area contributed by atoms with Crippen LogP contribution in [0, 0.1) is 5.82 Å². The van der Waals surface area contributed by atoms with Gasteiger partial charge in [-0.3, -0.25) is 9.59 Å². The molecule has 0 saturated carbocycles. The fourth-order valence-electron chi connectivity index (χ4n) is 2.36. The van der Waals surface area contributed by atoms with Gasteiger partial charge in [-0.15, -0.1) is 0 Å². The Morgan fingerprint density at radius 2 is 1.81 bits per heavy atom. The predicted octanol–water partition coefficient (Wildman–Crippen LogP) is 3.06. The van der Waals surface area contributed by atoms with Crippen LogP contribution in [0.4, 0.5) is 10.1 Å². The van der Waals surface area contributed by atoms with E-state index in [0.717, 1.165) is 5.56 Å². The second kappa shape index (κ2) is 9.89. The summed E-state index contributed by atoms with van der Waals surface area (Å²) in [5.41, 5.74) is 0.942. The van der Waals surface area contributed by atoms with Crippen LogP contribution >= 0.6 is 11.6 Å². The highest BCUT2D eigenvalue weighted by molar-refractivity contribution is 6.30. The molecule has 2 aromatic carbocycles. The molecular weight excluding hydrogens is 357 g/mol. The van der Waals surface area contributed by atoms with E-state index in [-0.39, 0.29) is 31.1 Å². The van der Waals surface area contributed by atoms with E-state index in [9.17, 15) is 14.0 Å². The minimum Gasteiger partial charge on any atom is -0.329 e. The van der Waals surface area contributed by atoms with Gasteiger partial charge < -0.3 is 15.5 Å². The fraction of sp³-hybridized carbons (Fsp3) is 0.263. The SMILES string of the molecule is CNCCC(=O)N(CC(=O)Nc1ccccc1F)Cc1ccc(Cl)cc1. The normalized spacial score (nSPS) is 10.4. The lowest BCUT2D eigenvalue weighted by molar-refractivity contribution is -0.135. The van der Waals surface area contributed by atoms with Gasteiger partial charge in [-0.2, -0.15) is 0 Å². The van der Waals surface area contributed by atoms with Gasteiger partial charge in [-0.25, -0.2) is 4.39 Å². The van der Waals surface area contributed by atoms with Gasteiger partial charge >= 0.3 is 0 Å². The first kappa shape index (κ1) is 19.9. The molecule has 0 unspecified atom stereocenters. The van der Waals surface area contributed by atoms with Crippen molar-refractivity contribution in [1.82, 2.24) is 10.2 Å². The van der Waals surface area contributed by atoms with Crippen molar-refractivity contribution < 1.29 is 14.0 Å². The van der Waals surface area contributed by atoms with Crippen molar-refractivity contribution in [3.8, 4) is 0 Å². The van der Waals surface area contributed by atoms with Crippen molar-refractivity contribution in [2.24, 2.45) is 0 Å². The number of halogens is 2. The third-order valence-corrected chi connectivity index (χ3v) is 3.96. The number of carbonyl (C=O) groups is 2. The lowest BCUT2D eigenvalue weighted by Crippen LogP contribution is -2.38. The van der Waals surface area contributed by atoms with Crippen LogP contribution < -0.4 is 10.6 Å². The van der Waals surface area contributed by atoms with Crippen molar-refractivity contribution in [2.45, 2.75) is 13.0 Å². The molecule has 0 radical (unpaired) electrons. The summed E-state index contributed by atoms with van der Waals surface area (Å²) in [6.45, 7) is 0.606. The molecule has 138 valence electrons. The number of amides is 2. The number of carbonyl (C=O) groups excluding carboxylic acids is 2. The van der Waals surface area contributed by atoms with Crippen LogP contribution in [-0.4, -0.2) is 36.9 Å². The largest absolute Gasteiger partial charge is 0.329 e. The van der Waals surface area contributed by atoms with Gasteiger partial charge in [-0.05, 0) is 36.9 Å². The van der Waals surface area contributed by atoms with Crippen molar-refractivity contribution in [1.29, 1.82) is 0 Å². The molecule has 0 aliphatic heterocycles. The average Bonchev–Trinajstić information content (AvgIpc) is 2.63. The second-order valence-corrected chi connectivity index (χ2v) is 6.19. The number of benzene rings is 2. The number of nitrogens with zero attached hydrogens (tertiary/aromatic N) is 1. The summed E-state index contributed by atoms with van der Waals surface area (Å²) < 4.78 is 13.7. The fourth-order valence-corrected chi connectivity index (χ4v) is 2.48. The van der Waals surface area contributed by atoms with E-state index < -0.39 is 11.7 Å². The highest BCUT2D eigenvalue weighted by Gasteiger charge is 2.18. The van der Waals surface area contributed by atoms with E-state index in [1.54, 1.807) is 43.4 Å².